The van der Waals surface area contributed by atoms with Crippen LogP contribution in [-0.4, -0.2) is 16.1 Å². The van der Waals surface area contributed by atoms with Gasteiger partial charge >= 0.3 is 0 Å². The van der Waals surface area contributed by atoms with Gasteiger partial charge in [0.2, 0.25) is 0 Å². The van der Waals surface area contributed by atoms with Crippen LogP contribution in [0.2, 0.25) is 0 Å². The molecule has 0 aliphatic heterocycles. The summed E-state index contributed by atoms with van der Waals surface area (Å²) in [4.78, 5) is 16.6. The minimum atomic E-state index is -0.219. The van der Waals surface area contributed by atoms with E-state index in [1.165, 1.54) is 19.3 Å². The molecule has 0 aromatic carbocycles. The number of rotatable bonds is 7. The fourth-order valence-corrected chi connectivity index (χ4v) is 2.25. The van der Waals surface area contributed by atoms with Crippen LogP contribution in [0.3, 0.4) is 0 Å². The molecule has 1 unspecified atom stereocenters. The van der Waals surface area contributed by atoms with E-state index in [-0.39, 0.29) is 11.1 Å². The van der Waals surface area contributed by atoms with E-state index >= 15 is 0 Å². The number of nitrogens with zero attached hydrogens (tertiary/aromatic N) is 2. The Morgan fingerprint density at radius 3 is 2.60 bits per heavy atom. The number of hydrogen-bond acceptors (Lipinski definition) is 3. The lowest BCUT2D eigenvalue weighted by Gasteiger charge is -2.23. The Morgan fingerprint density at radius 1 is 1.35 bits per heavy atom. The van der Waals surface area contributed by atoms with Crippen molar-refractivity contribution in [2.75, 3.05) is 11.9 Å². The molecular weight excluding hydrogens is 250 g/mol. The molecule has 0 spiro atoms. The summed E-state index contributed by atoms with van der Waals surface area (Å²) in [6, 6.07) is 0. The predicted molar refractivity (Wildman–Crippen MR) is 85.3 cm³/mol. The molecule has 1 aromatic rings. The van der Waals surface area contributed by atoms with Crippen molar-refractivity contribution in [1.82, 2.24) is 9.55 Å². The van der Waals surface area contributed by atoms with Gasteiger partial charge in [0, 0.05) is 24.5 Å². The average molecular weight is 279 g/mol. The van der Waals surface area contributed by atoms with Crippen molar-refractivity contribution in [2.24, 2.45) is 5.92 Å². The summed E-state index contributed by atoms with van der Waals surface area (Å²) in [5, 5.41) is 3.24. The molecule has 4 heteroatoms. The van der Waals surface area contributed by atoms with Crippen molar-refractivity contribution in [3.05, 3.63) is 22.7 Å². The van der Waals surface area contributed by atoms with E-state index in [4.69, 9.17) is 0 Å². The van der Waals surface area contributed by atoms with E-state index in [2.05, 4.69) is 24.1 Å². The summed E-state index contributed by atoms with van der Waals surface area (Å²) in [5.74, 6) is 1.08. The quantitative estimate of drug-likeness (QED) is 0.829. The molecule has 4 nitrogen and oxygen atoms in total. The van der Waals surface area contributed by atoms with Crippen LogP contribution in [0.15, 0.2) is 17.2 Å². The average Bonchev–Trinajstić information content (AvgIpc) is 2.39. The number of aromatic nitrogens is 2. The fraction of sp³-hybridized carbons (Fsp3) is 0.750. The Hall–Kier alpha value is -1.32. The maximum Gasteiger partial charge on any atom is 0.293 e. The Bertz CT molecular complexity index is 460. The van der Waals surface area contributed by atoms with Crippen molar-refractivity contribution in [3.63, 3.8) is 0 Å². The van der Waals surface area contributed by atoms with Crippen LogP contribution < -0.4 is 10.9 Å². The Balaban J connectivity index is 2.76. The highest BCUT2D eigenvalue weighted by Crippen LogP contribution is 2.14. The van der Waals surface area contributed by atoms with Gasteiger partial charge in [-0.05, 0) is 33.1 Å². The van der Waals surface area contributed by atoms with Gasteiger partial charge in [-0.2, -0.15) is 0 Å². The largest absolute Gasteiger partial charge is 0.365 e. The fourth-order valence-electron chi connectivity index (χ4n) is 2.25. The molecule has 1 N–H and O–H groups in total. The zero-order valence-electron chi connectivity index (χ0n) is 13.6. The number of hydrogen-bond donors (Lipinski definition) is 1. The summed E-state index contributed by atoms with van der Waals surface area (Å²) in [5.41, 5.74) is -0.256. The predicted octanol–water partition coefficient (Wildman–Crippen LogP) is 3.63. The van der Waals surface area contributed by atoms with Crippen LogP contribution in [0.5, 0.6) is 0 Å². The van der Waals surface area contributed by atoms with E-state index < -0.39 is 0 Å². The lowest BCUT2D eigenvalue weighted by atomic mass is 9.99. The molecule has 0 radical (unpaired) electrons. The second-order valence-corrected chi connectivity index (χ2v) is 6.42. The summed E-state index contributed by atoms with van der Waals surface area (Å²) in [7, 11) is 0. The van der Waals surface area contributed by atoms with Gasteiger partial charge < -0.3 is 9.88 Å². The number of nitrogens with one attached hydrogen (secondary N) is 1. The van der Waals surface area contributed by atoms with E-state index in [0.717, 1.165) is 13.0 Å². The molecule has 114 valence electrons. The molecule has 1 heterocycles. The zero-order valence-corrected chi connectivity index (χ0v) is 13.6. The minimum absolute atomic E-state index is 0.0367. The first-order chi connectivity index (χ1) is 9.40. The van der Waals surface area contributed by atoms with Crippen molar-refractivity contribution in [2.45, 2.75) is 65.8 Å². The Kier molecular flexibility index (Phi) is 6.24. The van der Waals surface area contributed by atoms with Crippen molar-refractivity contribution >= 4 is 5.82 Å². The molecule has 0 aliphatic rings. The molecule has 20 heavy (non-hydrogen) atoms. The van der Waals surface area contributed by atoms with Crippen LogP contribution in [0, 0.1) is 5.92 Å². The van der Waals surface area contributed by atoms with E-state index in [0.29, 0.717) is 11.7 Å². The van der Waals surface area contributed by atoms with Gasteiger partial charge in [0.15, 0.2) is 5.82 Å². The summed E-state index contributed by atoms with van der Waals surface area (Å²) in [6.45, 7) is 11.3. The lowest BCUT2D eigenvalue weighted by molar-refractivity contribution is 0.383. The first-order valence-electron chi connectivity index (χ1n) is 7.72. The Labute approximate surface area is 122 Å². The van der Waals surface area contributed by atoms with Crippen molar-refractivity contribution < 1.29 is 0 Å². The third-order valence-corrected chi connectivity index (χ3v) is 3.66. The highest BCUT2D eigenvalue weighted by atomic mass is 16.1. The number of anilines is 1. The smallest absolute Gasteiger partial charge is 0.293 e. The van der Waals surface area contributed by atoms with Gasteiger partial charge in [-0.3, -0.25) is 4.79 Å². The molecule has 1 rings (SSSR count). The molecule has 1 atom stereocenters. The molecule has 0 saturated carbocycles. The molecular formula is C16H29N3O. The van der Waals surface area contributed by atoms with Crippen LogP contribution in [-0.2, 0) is 5.54 Å². The SMILES string of the molecule is CCCCC(CC)CNc1nccn(C(C)(C)C)c1=O. The second-order valence-electron chi connectivity index (χ2n) is 6.42. The van der Waals surface area contributed by atoms with Crippen LogP contribution in [0.25, 0.3) is 0 Å². The van der Waals surface area contributed by atoms with E-state index in [1.807, 2.05) is 20.8 Å². The summed E-state index contributed by atoms with van der Waals surface area (Å²) in [6.07, 6.45) is 8.25. The second kappa shape index (κ2) is 7.46. The van der Waals surface area contributed by atoms with Crippen LogP contribution in [0.1, 0.15) is 60.3 Å². The van der Waals surface area contributed by atoms with Gasteiger partial charge in [-0.1, -0.05) is 33.1 Å². The van der Waals surface area contributed by atoms with Crippen LogP contribution >= 0.6 is 0 Å². The van der Waals surface area contributed by atoms with Crippen molar-refractivity contribution in [1.29, 1.82) is 0 Å². The zero-order chi connectivity index (χ0) is 15.2. The van der Waals surface area contributed by atoms with E-state index in [9.17, 15) is 4.79 Å². The monoisotopic (exact) mass is 279 g/mol. The summed E-state index contributed by atoms with van der Waals surface area (Å²) >= 11 is 0. The maximum absolute atomic E-state index is 12.4. The lowest BCUT2D eigenvalue weighted by Crippen LogP contribution is -2.35. The minimum Gasteiger partial charge on any atom is -0.365 e. The van der Waals surface area contributed by atoms with Gasteiger partial charge in [0.25, 0.3) is 5.56 Å². The van der Waals surface area contributed by atoms with Gasteiger partial charge in [-0.15, -0.1) is 0 Å². The topological polar surface area (TPSA) is 46.9 Å². The highest BCUT2D eigenvalue weighted by molar-refractivity contribution is 5.31. The Morgan fingerprint density at radius 2 is 2.05 bits per heavy atom. The molecule has 0 aliphatic carbocycles. The molecule has 0 amide bonds. The first-order valence-corrected chi connectivity index (χ1v) is 7.72. The maximum atomic E-state index is 12.4. The standard InChI is InChI=1S/C16H29N3O/c1-6-8-9-13(7-2)12-18-14-15(20)19(11-10-17-14)16(3,4)5/h10-11,13H,6-9,12H2,1-5H3,(H,17,18). The molecule has 0 fully saturated rings. The normalized spacial score (nSPS) is 13.2. The molecule has 0 saturated heterocycles. The highest BCUT2D eigenvalue weighted by Gasteiger charge is 2.17. The van der Waals surface area contributed by atoms with Crippen molar-refractivity contribution in [3.8, 4) is 0 Å². The third-order valence-electron chi connectivity index (χ3n) is 3.66. The van der Waals surface area contributed by atoms with E-state index in [1.54, 1.807) is 17.0 Å². The first kappa shape index (κ1) is 16.7. The van der Waals surface area contributed by atoms with Crippen LogP contribution in [0.4, 0.5) is 5.82 Å². The van der Waals surface area contributed by atoms with Gasteiger partial charge in [-0.25, -0.2) is 4.98 Å². The number of unbranched alkanes of at least 4 members (excludes halogenated alkanes) is 1. The molecule has 1 aromatic heterocycles. The van der Waals surface area contributed by atoms with Gasteiger partial charge in [0.05, 0.1) is 0 Å². The summed E-state index contributed by atoms with van der Waals surface area (Å²) < 4.78 is 1.73. The molecule has 0 bridgehead atoms. The third kappa shape index (κ3) is 4.66. The van der Waals surface area contributed by atoms with Gasteiger partial charge in [0.1, 0.15) is 0 Å².